The highest BCUT2D eigenvalue weighted by Crippen LogP contribution is 2.21. The van der Waals surface area contributed by atoms with E-state index >= 15 is 0 Å². The summed E-state index contributed by atoms with van der Waals surface area (Å²) in [5.41, 5.74) is 1.08. The summed E-state index contributed by atoms with van der Waals surface area (Å²) >= 11 is 0. The second-order valence-electron chi connectivity index (χ2n) is 7.41. The second kappa shape index (κ2) is 7.13. The van der Waals surface area contributed by atoms with Gasteiger partial charge in [0, 0.05) is 30.8 Å². The van der Waals surface area contributed by atoms with E-state index in [1.165, 1.54) is 0 Å². The zero-order chi connectivity index (χ0) is 17.0. The van der Waals surface area contributed by atoms with Gasteiger partial charge < -0.3 is 15.3 Å². The number of carbonyl (C=O) groups excluding carboxylic acids is 2. The molecule has 1 atom stereocenters. The number of nitrogens with one attached hydrogen (secondary N) is 1. The average Bonchev–Trinajstić information content (AvgIpc) is 2.44. The molecule has 0 radical (unpaired) electrons. The van der Waals surface area contributed by atoms with Gasteiger partial charge in [0.15, 0.2) is 0 Å². The van der Waals surface area contributed by atoms with Crippen LogP contribution in [0.3, 0.4) is 0 Å². The van der Waals surface area contributed by atoms with E-state index in [9.17, 15) is 14.7 Å². The van der Waals surface area contributed by atoms with Crippen molar-refractivity contribution in [2.75, 3.05) is 18.4 Å². The van der Waals surface area contributed by atoms with E-state index < -0.39 is 6.10 Å². The molecule has 5 nitrogen and oxygen atoms in total. The molecule has 0 spiro atoms. The van der Waals surface area contributed by atoms with Gasteiger partial charge in [-0.1, -0.05) is 26.8 Å². The first-order chi connectivity index (χ1) is 10.7. The Morgan fingerprint density at radius 3 is 2.74 bits per heavy atom. The number of amides is 2. The average molecular weight is 318 g/mol. The molecule has 2 N–H and O–H groups in total. The van der Waals surface area contributed by atoms with Crippen LogP contribution in [0, 0.1) is 5.41 Å². The lowest BCUT2D eigenvalue weighted by Crippen LogP contribution is -2.42. The number of piperidine rings is 1. The van der Waals surface area contributed by atoms with Crippen molar-refractivity contribution >= 4 is 17.5 Å². The van der Waals surface area contributed by atoms with E-state index in [2.05, 4.69) is 5.32 Å². The van der Waals surface area contributed by atoms with Crippen molar-refractivity contribution in [1.82, 2.24) is 4.90 Å². The largest absolute Gasteiger partial charge is 0.391 e. The fraction of sp³-hybridized carbons (Fsp3) is 0.556. The number of benzene rings is 1. The summed E-state index contributed by atoms with van der Waals surface area (Å²) in [7, 11) is 0. The third-order valence-corrected chi connectivity index (χ3v) is 3.77. The molecule has 5 heteroatoms. The highest BCUT2D eigenvalue weighted by atomic mass is 16.3. The molecule has 1 aliphatic heterocycles. The summed E-state index contributed by atoms with van der Waals surface area (Å²) in [6.45, 7) is 7.06. The Kier molecular flexibility index (Phi) is 5.42. The van der Waals surface area contributed by atoms with Crippen molar-refractivity contribution in [3.05, 3.63) is 29.8 Å². The number of hydrogen-bond acceptors (Lipinski definition) is 3. The maximum absolute atomic E-state index is 12.5. The maximum Gasteiger partial charge on any atom is 0.254 e. The monoisotopic (exact) mass is 318 g/mol. The van der Waals surface area contributed by atoms with Gasteiger partial charge in [-0.15, -0.1) is 0 Å². The molecule has 1 aromatic carbocycles. The van der Waals surface area contributed by atoms with E-state index in [1.54, 1.807) is 29.2 Å². The summed E-state index contributed by atoms with van der Waals surface area (Å²) in [6, 6.07) is 6.98. The molecule has 1 saturated heterocycles. The molecule has 23 heavy (non-hydrogen) atoms. The molecular weight excluding hydrogens is 292 g/mol. The topological polar surface area (TPSA) is 69.6 Å². The molecule has 0 aliphatic carbocycles. The Morgan fingerprint density at radius 2 is 2.09 bits per heavy atom. The van der Waals surface area contributed by atoms with Crippen molar-refractivity contribution in [2.45, 2.75) is 46.1 Å². The van der Waals surface area contributed by atoms with Crippen LogP contribution in [0.25, 0.3) is 0 Å². The van der Waals surface area contributed by atoms with Crippen LogP contribution in [0.4, 0.5) is 5.69 Å². The van der Waals surface area contributed by atoms with Gasteiger partial charge in [0.2, 0.25) is 5.91 Å². The SMILES string of the molecule is CC(C)(C)CC(=O)Nc1cccc(C(=O)N2CCCC(O)C2)c1. The smallest absolute Gasteiger partial charge is 0.254 e. The highest BCUT2D eigenvalue weighted by molar-refractivity contribution is 5.97. The van der Waals surface area contributed by atoms with E-state index in [0.29, 0.717) is 30.8 Å². The molecule has 1 aromatic rings. The fourth-order valence-corrected chi connectivity index (χ4v) is 2.74. The number of rotatable bonds is 3. The van der Waals surface area contributed by atoms with Gasteiger partial charge in [0.25, 0.3) is 5.91 Å². The van der Waals surface area contributed by atoms with Crippen molar-refractivity contribution in [3.63, 3.8) is 0 Å². The molecule has 126 valence electrons. The van der Waals surface area contributed by atoms with Crippen LogP contribution < -0.4 is 5.32 Å². The number of β-amino-alcohol motifs (C(OH)–C–C–N with tert-alkyl or cyclic N) is 1. The summed E-state index contributed by atoms with van der Waals surface area (Å²) in [4.78, 5) is 26.2. The second-order valence-corrected chi connectivity index (χ2v) is 7.41. The Hall–Kier alpha value is -1.88. The molecule has 1 aliphatic rings. The minimum Gasteiger partial charge on any atom is -0.391 e. The summed E-state index contributed by atoms with van der Waals surface area (Å²) in [6.07, 6.45) is 1.54. The maximum atomic E-state index is 12.5. The summed E-state index contributed by atoms with van der Waals surface area (Å²) in [5, 5.41) is 12.6. The van der Waals surface area contributed by atoms with Crippen molar-refractivity contribution < 1.29 is 14.7 Å². The molecular formula is C18H26N2O3. The van der Waals surface area contributed by atoms with Gasteiger partial charge in [0.1, 0.15) is 0 Å². The van der Waals surface area contributed by atoms with Crippen molar-refractivity contribution in [2.24, 2.45) is 5.41 Å². The van der Waals surface area contributed by atoms with Crippen LogP contribution in [0.15, 0.2) is 24.3 Å². The van der Waals surface area contributed by atoms with Crippen LogP contribution in [0.1, 0.15) is 50.4 Å². The van der Waals surface area contributed by atoms with E-state index in [0.717, 1.165) is 12.8 Å². The van der Waals surface area contributed by atoms with Gasteiger partial charge in [-0.05, 0) is 36.5 Å². The minimum absolute atomic E-state index is 0.0597. The van der Waals surface area contributed by atoms with Crippen molar-refractivity contribution in [3.8, 4) is 0 Å². The first-order valence-corrected chi connectivity index (χ1v) is 8.12. The van der Waals surface area contributed by atoms with E-state index in [-0.39, 0.29) is 17.2 Å². The van der Waals surface area contributed by atoms with Crippen LogP contribution in [-0.4, -0.2) is 41.0 Å². The number of nitrogens with zero attached hydrogens (tertiary/aromatic N) is 1. The standard InChI is InChI=1S/C18H26N2O3/c1-18(2,3)11-16(22)19-14-7-4-6-13(10-14)17(23)20-9-5-8-15(21)12-20/h4,6-7,10,15,21H,5,8-9,11-12H2,1-3H3,(H,19,22). The lowest BCUT2D eigenvalue weighted by Gasteiger charge is -2.30. The molecule has 1 heterocycles. The minimum atomic E-state index is -0.442. The van der Waals surface area contributed by atoms with Gasteiger partial charge in [-0.3, -0.25) is 9.59 Å². The number of carbonyl (C=O) groups is 2. The van der Waals surface area contributed by atoms with E-state index in [1.807, 2.05) is 20.8 Å². The predicted molar refractivity (Wildman–Crippen MR) is 90.3 cm³/mol. The van der Waals surface area contributed by atoms with Crippen LogP contribution in [0.2, 0.25) is 0 Å². The lowest BCUT2D eigenvalue weighted by molar-refractivity contribution is -0.117. The third kappa shape index (κ3) is 5.36. The first kappa shape index (κ1) is 17.5. The molecule has 1 fully saturated rings. The van der Waals surface area contributed by atoms with Gasteiger partial charge in [0.05, 0.1) is 6.10 Å². The number of anilines is 1. The molecule has 0 aromatic heterocycles. The van der Waals surface area contributed by atoms with Crippen LogP contribution in [-0.2, 0) is 4.79 Å². The molecule has 2 amide bonds. The fourth-order valence-electron chi connectivity index (χ4n) is 2.74. The zero-order valence-electron chi connectivity index (χ0n) is 14.1. The summed E-state index contributed by atoms with van der Waals surface area (Å²) in [5.74, 6) is -0.161. The van der Waals surface area contributed by atoms with Gasteiger partial charge in [-0.2, -0.15) is 0 Å². The van der Waals surface area contributed by atoms with E-state index in [4.69, 9.17) is 0 Å². The number of likely N-dealkylation sites (tertiary alicyclic amines) is 1. The zero-order valence-corrected chi connectivity index (χ0v) is 14.1. The van der Waals surface area contributed by atoms with Crippen LogP contribution in [0.5, 0.6) is 0 Å². The van der Waals surface area contributed by atoms with Crippen LogP contribution >= 0.6 is 0 Å². The Bertz CT molecular complexity index is 578. The molecule has 1 unspecified atom stereocenters. The Balaban J connectivity index is 2.04. The number of aliphatic hydroxyl groups is 1. The van der Waals surface area contributed by atoms with Crippen molar-refractivity contribution in [1.29, 1.82) is 0 Å². The molecule has 0 bridgehead atoms. The van der Waals surface area contributed by atoms with Gasteiger partial charge >= 0.3 is 0 Å². The molecule has 2 rings (SSSR count). The third-order valence-electron chi connectivity index (χ3n) is 3.77. The number of aliphatic hydroxyl groups excluding tert-OH is 1. The normalized spacial score (nSPS) is 18.6. The number of hydrogen-bond donors (Lipinski definition) is 2. The Labute approximate surface area is 137 Å². The summed E-state index contributed by atoms with van der Waals surface area (Å²) < 4.78 is 0. The Morgan fingerprint density at radius 1 is 1.35 bits per heavy atom. The lowest BCUT2D eigenvalue weighted by atomic mass is 9.92. The predicted octanol–water partition coefficient (Wildman–Crippen LogP) is 2.66. The highest BCUT2D eigenvalue weighted by Gasteiger charge is 2.23. The molecule has 0 saturated carbocycles. The van der Waals surface area contributed by atoms with Gasteiger partial charge in [-0.25, -0.2) is 0 Å². The quantitative estimate of drug-likeness (QED) is 0.900. The first-order valence-electron chi connectivity index (χ1n) is 8.12.